The van der Waals surface area contributed by atoms with Gasteiger partial charge in [-0.3, -0.25) is 9.80 Å². The van der Waals surface area contributed by atoms with Crippen LogP contribution in [0.15, 0.2) is 18.2 Å². The molecule has 2 N–H and O–H groups in total. The maximum atomic E-state index is 12.0. The highest BCUT2D eigenvalue weighted by Gasteiger charge is 2.26. The third-order valence-corrected chi connectivity index (χ3v) is 2.94. The summed E-state index contributed by atoms with van der Waals surface area (Å²) in [6, 6.07) is 4.89. The van der Waals surface area contributed by atoms with E-state index in [2.05, 4.69) is 0 Å². The molecule has 5 heteroatoms. The van der Waals surface area contributed by atoms with Gasteiger partial charge in [-0.15, -0.1) is 0 Å². The molecular formula is C11H14Cl2N2O. The number of rotatable bonds is 1. The number of carbonyl (C=O) groups excluding carboxylic acids is 1. The maximum absolute atomic E-state index is 12.0. The Morgan fingerprint density at radius 2 is 1.88 bits per heavy atom. The summed E-state index contributed by atoms with van der Waals surface area (Å²) < 4.78 is 0. The number of carbonyl (C=O) groups is 1. The number of amides is 1. The fourth-order valence-corrected chi connectivity index (χ4v) is 1.48. The van der Waals surface area contributed by atoms with E-state index in [4.69, 9.17) is 29.0 Å². The van der Waals surface area contributed by atoms with Crippen molar-refractivity contribution in [3.05, 3.63) is 33.8 Å². The Bertz CT molecular complexity index is 413. The van der Waals surface area contributed by atoms with Crippen LogP contribution in [0.3, 0.4) is 0 Å². The van der Waals surface area contributed by atoms with Crippen LogP contribution in [0, 0.1) is 0 Å². The Hall–Kier alpha value is -0.770. The molecule has 1 rings (SSSR count). The highest BCUT2D eigenvalue weighted by Crippen LogP contribution is 2.27. The van der Waals surface area contributed by atoms with Crippen LogP contribution in [0.1, 0.15) is 31.1 Å². The fourth-order valence-electron chi connectivity index (χ4n) is 1.10. The smallest absolute Gasteiger partial charge is 0.269 e. The lowest BCUT2D eigenvalue weighted by Crippen LogP contribution is -2.50. The van der Waals surface area contributed by atoms with Gasteiger partial charge in [-0.2, -0.15) is 0 Å². The van der Waals surface area contributed by atoms with Crippen LogP contribution in [0.2, 0.25) is 10.0 Å². The van der Waals surface area contributed by atoms with E-state index in [-0.39, 0.29) is 10.9 Å². The van der Waals surface area contributed by atoms with E-state index >= 15 is 0 Å². The summed E-state index contributed by atoms with van der Waals surface area (Å²) in [5.74, 6) is 5.38. The molecule has 0 saturated heterocycles. The van der Waals surface area contributed by atoms with E-state index in [1.54, 1.807) is 18.2 Å². The van der Waals surface area contributed by atoms with Gasteiger partial charge in [0, 0.05) is 0 Å². The molecule has 1 aromatic rings. The van der Waals surface area contributed by atoms with Crippen molar-refractivity contribution in [3.8, 4) is 0 Å². The third kappa shape index (κ3) is 2.67. The van der Waals surface area contributed by atoms with Gasteiger partial charge in [0.15, 0.2) is 0 Å². The molecule has 0 radical (unpaired) electrons. The monoisotopic (exact) mass is 260 g/mol. The standard InChI is InChI=1S/C11H14Cl2N2O/c1-11(2,3)15(14)10(16)7-5-4-6-8(12)9(7)13/h4-6H,14H2,1-3H3. The first kappa shape index (κ1) is 13.3. The molecular weight excluding hydrogens is 247 g/mol. The molecule has 1 amide bonds. The van der Waals surface area contributed by atoms with Gasteiger partial charge in [-0.25, -0.2) is 5.84 Å². The minimum atomic E-state index is -0.470. The van der Waals surface area contributed by atoms with Crippen LogP contribution < -0.4 is 5.84 Å². The molecule has 0 aliphatic carbocycles. The Morgan fingerprint density at radius 1 is 1.31 bits per heavy atom. The van der Waals surface area contributed by atoms with Crippen molar-refractivity contribution in [1.82, 2.24) is 5.01 Å². The zero-order valence-corrected chi connectivity index (χ0v) is 10.9. The predicted octanol–water partition coefficient (Wildman–Crippen LogP) is 3.11. The Kier molecular flexibility index (Phi) is 3.84. The van der Waals surface area contributed by atoms with E-state index in [1.807, 2.05) is 20.8 Å². The largest absolute Gasteiger partial charge is 0.271 e. The topological polar surface area (TPSA) is 46.3 Å². The number of halogens is 2. The van der Waals surface area contributed by atoms with Gasteiger partial charge in [-0.1, -0.05) is 29.3 Å². The summed E-state index contributed by atoms with van der Waals surface area (Å²) in [6.45, 7) is 5.51. The highest BCUT2D eigenvalue weighted by molar-refractivity contribution is 6.43. The van der Waals surface area contributed by atoms with Crippen LogP contribution in [0.5, 0.6) is 0 Å². The van der Waals surface area contributed by atoms with Gasteiger partial charge in [0.05, 0.1) is 21.1 Å². The fraction of sp³-hybridized carbons (Fsp3) is 0.364. The average Bonchev–Trinajstić information content (AvgIpc) is 2.18. The molecule has 0 aliphatic rings. The van der Waals surface area contributed by atoms with Crippen molar-refractivity contribution in [2.45, 2.75) is 26.3 Å². The first-order chi connectivity index (χ1) is 7.25. The lowest BCUT2D eigenvalue weighted by atomic mass is 10.1. The predicted molar refractivity (Wildman–Crippen MR) is 66.6 cm³/mol. The lowest BCUT2D eigenvalue weighted by Gasteiger charge is -2.31. The third-order valence-electron chi connectivity index (χ3n) is 2.12. The van der Waals surface area contributed by atoms with E-state index in [0.717, 1.165) is 5.01 Å². The summed E-state index contributed by atoms with van der Waals surface area (Å²) >= 11 is 11.8. The van der Waals surface area contributed by atoms with Gasteiger partial charge < -0.3 is 0 Å². The number of nitrogens with zero attached hydrogens (tertiary/aromatic N) is 1. The van der Waals surface area contributed by atoms with Crippen LogP contribution >= 0.6 is 23.2 Å². The van der Waals surface area contributed by atoms with Crippen molar-refractivity contribution in [3.63, 3.8) is 0 Å². The van der Waals surface area contributed by atoms with Crippen molar-refractivity contribution in [1.29, 1.82) is 0 Å². The van der Waals surface area contributed by atoms with Crippen molar-refractivity contribution in [2.24, 2.45) is 5.84 Å². The van der Waals surface area contributed by atoms with E-state index in [9.17, 15) is 4.79 Å². The Labute approximate surface area is 105 Å². The first-order valence-corrected chi connectivity index (χ1v) is 5.54. The van der Waals surface area contributed by atoms with Crippen molar-refractivity contribution in [2.75, 3.05) is 0 Å². The van der Waals surface area contributed by atoms with E-state index < -0.39 is 5.54 Å². The number of hydrogen-bond donors (Lipinski definition) is 1. The zero-order valence-electron chi connectivity index (χ0n) is 9.42. The normalized spacial score (nSPS) is 11.4. The summed E-state index contributed by atoms with van der Waals surface area (Å²) in [6.07, 6.45) is 0. The van der Waals surface area contributed by atoms with Crippen LogP contribution in [-0.2, 0) is 0 Å². The number of benzene rings is 1. The number of hydrazine groups is 1. The second kappa shape index (κ2) is 4.62. The molecule has 1 aromatic carbocycles. The number of hydrogen-bond acceptors (Lipinski definition) is 2. The highest BCUT2D eigenvalue weighted by atomic mass is 35.5. The molecule has 16 heavy (non-hydrogen) atoms. The molecule has 0 saturated carbocycles. The molecule has 0 atom stereocenters. The minimum absolute atomic E-state index is 0.230. The van der Waals surface area contributed by atoms with Crippen LogP contribution in [0.25, 0.3) is 0 Å². The van der Waals surface area contributed by atoms with Gasteiger partial charge in [-0.05, 0) is 32.9 Å². The van der Waals surface area contributed by atoms with Crippen molar-refractivity contribution >= 4 is 29.1 Å². The first-order valence-electron chi connectivity index (χ1n) is 4.78. The van der Waals surface area contributed by atoms with Gasteiger partial charge >= 0.3 is 0 Å². The maximum Gasteiger partial charge on any atom is 0.269 e. The quantitative estimate of drug-likeness (QED) is 0.479. The van der Waals surface area contributed by atoms with Gasteiger partial charge in [0.25, 0.3) is 5.91 Å². The summed E-state index contributed by atoms with van der Waals surface area (Å²) in [5.41, 5.74) is -0.158. The van der Waals surface area contributed by atoms with Crippen molar-refractivity contribution < 1.29 is 4.79 Å². The molecule has 3 nitrogen and oxygen atoms in total. The SMILES string of the molecule is CC(C)(C)N(N)C(=O)c1cccc(Cl)c1Cl. The lowest BCUT2D eigenvalue weighted by molar-refractivity contribution is 0.0582. The summed E-state index contributed by atoms with van der Waals surface area (Å²) in [5, 5.41) is 1.72. The Morgan fingerprint density at radius 3 is 2.38 bits per heavy atom. The molecule has 0 fully saturated rings. The van der Waals surface area contributed by atoms with Crippen LogP contribution in [-0.4, -0.2) is 16.5 Å². The van der Waals surface area contributed by atoms with E-state index in [0.29, 0.717) is 10.6 Å². The average molecular weight is 261 g/mol. The second-order valence-electron chi connectivity index (χ2n) is 4.45. The zero-order chi connectivity index (χ0) is 12.5. The number of nitrogens with two attached hydrogens (primary N) is 1. The summed E-state index contributed by atoms with van der Waals surface area (Å²) in [7, 11) is 0. The molecule has 88 valence electrons. The molecule has 0 aromatic heterocycles. The Balaban J connectivity index is 3.11. The second-order valence-corrected chi connectivity index (χ2v) is 5.23. The minimum Gasteiger partial charge on any atom is -0.271 e. The summed E-state index contributed by atoms with van der Waals surface area (Å²) in [4.78, 5) is 12.0. The van der Waals surface area contributed by atoms with E-state index in [1.165, 1.54) is 0 Å². The van der Waals surface area contributed by atoms with Gasteiger partial charge in [0.2, 0.25) is 0 Å². The van der Waals surface area contributed by atoms with Gasteiger partial charge in [0.1, 0.15) is 0 Å². The molecule has 0 aliphatic heterocycles. The molecule has 0 bridgehead atoms. The van der Waals surface area contributed by atoms with Crippen LogP contribution in [0.4, 0.5) is 0 Å². The molecule has 0 heterocycles. The molecule has 0 unspecified atom stereocenters. The molecule has 0 spiro atoms.